The van der Waals surface area contributed by atoms with Gasteiger partial charge in [-0.15, -0.1) is 0 Å². The lowest BCUT2D eigenvalue weighted by Gasteiger charge is -2.43. The highest BCUT2D eigenvalue weighted by Crippen LogP contribution is 2.40. The van der Waals surface area contributed by atoms with Gasteiger partial charge in [0.1, 0.15) is 11.3 Å². The average molecular weight is 465 g/mol. The number of primary amides is 1. The van der Waals surface area contributed by atoms with Gasteiger partial charge in [-0.05, 0) is 62.9 Å². The minimum Gasteiger partial charge on any atom is -0.411 e. The van der Waals surface area contributed by atoms with E-state index in [2.05, 4.69) is 17.0 Å². The number of aryl methyl sites for hydroxylation is 1. The van der Waals surface area contributed by atoms with Crippen LogP contribution in [-0.2, 0) is 16.0 Å². The number of benzene rings is 2. The van der Waals surface area contributed by atoms with E-state index in [4.69, 9.17) is 10.5 Å². The van der Waals surface area contributed by atoms with E-state index >= 15 is 0 Å². The van der Waals surface area contributed by atoms with Gasteiger partial charge >= 0.3 is 6.09 Å². The molecule has 2 saturated heterocycles. The summed E-state index contributed by atoms with van der Waals surface area (Å²) in [5.74, 6) is 0.630. The summed E-state index contributed by atoms with van der Waals surface area (Å²) in [5, 5.41) is 0. The van der Waals surface area contributed by atoms with Gasteiger partial charge in [-0.25, -0.2) is 4.79 Å². The monoisotopic (exact) mass is 464 g/mol. The first kappa shape index (κ1) is 23.6. The molecule has 34 heavy (non-hydrogen) atoms. The first-order valence-corrected chi connectivity index (χ1v) is 11.8. The molecule has 0 radical (unpaired) electrons. The quantitative estimate of drug-likeness (QED) is 0.709. The molecule has 1 spiro atoms. The molecule has 2 aliphatic heterocycles. The third-order valence-electron chi connectivity index (χ3n) is 6.87. The molecule has 0 unspecified atom stereocenters. The van der Waals surface area contributed by atoms with Crippen molar-refractivity contribution in [1.29, 1.82) is 0 Å². The summed E-state index contributed by atoms with van der Waals surface area (Å²) in [6.45, 7) is 5.79. The summed E-state index contributed by atoms with van der Waals surface area (Å²) < 4.78 is 4.84. The van der Waals surface area contributed by atoms with E-state index in [-0.39, 0.29) is 17.9 Å². The smallest absolute Gasteiger partial charge is 0.409 e. The Morgan fingerprint density at radius 3 is 2.26 bits per heavy atom. The van der Waals surface area contributed by atoms with Crippen LogP contribution in [0.1, 0.15) is 38.7 Å². The first-order valence-electron chi connectivity index (χ1n) is 11.8. The van der Waals surface area contributed by atoms with Crippen molar-refractivity contribution < 1.29 is 19.1 Å². The number of nitrogens with zero attached hydrogens (tertiary/aromatic N) is 3. The highest BCUT2D eigenvalue weighted by molar-refractivity contribution is 5.94. The molecule has 0 saturated carbocycles. The number of ether oxygens (including phenoxy) is 1. The molecule has 4 rings (SSSR count). The highest BCUT2D eigenvalue weighted by Gasteiger charge is 2.54. The van der Waals surface area contributed by atoms with E-state index < -0.39 is 11.6 Å². The minimum absolute atomic E-state index is 0.0877. The normalized spacial score (nSPS) is 17.5. The molecule has 0 bridgehead atoms. The van der Waals surface area contributed by atoms with Crippen LogP contribution in [0.25, 0.3) is 0 Å². The number of hydrogen-bond acceptors (Lipinski definition) is 5. The largest absolute Gasteiger partial charge is 0.411 e. The third kappa shape index (κ3) is 4.71. The fourth-order valence-electron chi connectivity index (χ4n) is 4.93. The lowest BCUT2D eigenvalue weighted by Crippen LogP contribution is -2.57. The molecule has 0 atom stereocenters. The first-order chi connectivity index (χ1) is 16.3. The molecule has 0 aromatic heterocycles. The zero-order valence-corrected chi connectivity index (χ0v) is 19.8. The van der Waals surface area contributed by atoms with Gasteiger partial charge in [-0.1, -0.05) is 30.3 Å². The van der Waals surface area contributed by atoms with Gasteiger partial charge < -0.3 is 25.2 Å². The molecule has 2 aromatic carbocycles. The Morgan fingerprint density at radius 2 is 1.68 bits per heavy atom. The summed E-state index contributed by atoms with van der Waals surface area (Å²) in [4.78, 5) is 43.3. The van der Waals surface area contributed by atoms with Crippen LogP contribution in [0.5, 0.6) is 5.75 Å². The van der Waals surface area contributed by atoms with Crippen molar-refractivity contribution >= 4 is 23.6 Å². The molecular weight excluding hydrogens is 432 g/mol. The van der Waals surface area contributed by atoms with Crippen molar-refractivity contribution in [3.63, 3.8) is 0 Å². The number of amides is 3. The zero-order valence-electron chi connectivity index (χ0n) is 19.8. The second kappa shape index (κ2) is 9.75. The lowest BCUT2D eigenvalue weighted by molar-refractivity contribution is -0.139. The van der Waals surface area contributed by atoms with Crippen LogP contribution in [0.15, 0.2) is 54.6 Å². The van der Waals surface area contributed by atoms with Gasteiger partial charge in [0, 0.05) is 31.2 Å². The van der Waals surface area contributed by atoms with Crippen molar-refractivity contribution in [3.8, 4) is 5.75 Å². The Balaban J connectivity index is 1.39. The Bertz CT molecular complexity index is 1030. The summed E-state index contributed by atoms with van der Waals surface area (Å²) >= 11 is 0. The third-order valence-corrected chi connectivity index (χ3v) is 6.87. The van der Waals surface area contributed by atoms with Gasteiger partial charge in [-0.3, -0.25) is 9.59 Å². The molecule has 0 aliphatic carbocycles. The zero-order chi connectivity index (χ0) is 24.3. The molecule has 180 valence electrons. The van der Waals surface area contributed by atoms with E-state index in [1.54, 1.807) is 12.1 Å². The number of piperidine rings is 1. The Labute approximate surface area is 200 Å². The molecule has 2 heterocycles. The van der Waals surface area contributed by atoms with E-state index in [0.717, 1.165) is 11.3 Å². The second-order valence-electron chi connectivity index (χ2n) is 9.25. The van der Waals surface area contributed by atoms with Crippen molar-refractivity contribution in [1.82, 2.24) is 9.80 Å². The predicted octanol–water partition coefficient (Wildman–Crippen LogP) is 3.15. The van der Waals surface area contributed by atoms with Crippen LogP contribution in [0, 0.1) is 0 Å². The highest BCUT2D eigenvalue weighted by atomic mass is 16.5. The number of likely N-dealkylation sites (tertiary alicyclic amines) is 1. The molecule has 8 nitrogen and oxygen atoms in total. The van der Waals surface area contributed by atoms with Crippen molar-refractivity contribution in [2.45, 2.75) is 51.1 Å². The summed E-state index contributed by atoms with van der Waals surface area (Å²) in [5.41, 5.74) is 6.45. The summed E-state index contributed by atoms with van der Waals surface area (Å²) in [7, 11) is 0. The molecular formula is C26H32N4O4. The maximum absolute atomic E-state index is 13.5. The van der Waals surface area contributed by atoms with Crippen LogP contribution < -0.4 is 15.4 Å². The van der Waals surface area contributed by atoms with E-state index in [0.29, 0.717) is 51.2 Å². The van der Waals surface area contributed by atoms with Crippen LogP contribution in [0.3, 0.4) is 0 Å². The van der Waals surface area contributed by atoms with E-state index in [9.17, 15) is 14.4 Å². The van der Waals surface area contributed by atoms with Gasteiger partial charge in [0.15, 0.2) is 0 Å². The second-order valence-corrected chi connectivity index (χ2v) is 9.25. The molecule has 8 heteroatoms. The molecule has 2 aromatic rings. The summed E-state index contributed by atoms with van der Waals surface area (Å²) in [6, 6.07) is 17.2. The van der Waals surface area contributed by atoms with E-state index in [1.807, 2.05) is 54.0 Å². The SMILES string of the molecule is CC(C)N1CN(c2ccccc2)C2(CCN(C(=O)CCc3ccc(OC(N)=O)cc3)CC2)C1=O. The maximum Gasteiger partial charge on any atom is 0.409 e. The van der Waals surface area contributed by atoms with Gasteiger partial charge in [0.2, 0.25) is 11.8 Å². The minimum atomic E-state index is -0.853. The Morgan fingerprint density at radius 1 is 1.03 bits per heavy atom. The van der Waals surface area contributed by atoms with Gasteiger partial charge in [0.25, 0.3) is 0 Å². The van der Waals surface area contributed by atoms with E-state index in [1.165, 1.54) is 0 Å². The number of carbonyl (C=O) groups excluding carboxylic acids is 3. The predicted molar refractivity (Wildman–Crippen MR) is 129 cm³/mol. The molecule has 2 N–H and O–H groups in total. The standard InChI is InChI=1S/C26H32N4O4/c1-19(2)29-18-30(21-6-4-3-5-7-21)26(24(29)32)14-16-28(17-15-26)23(31)13-10-20-8-11-22(12-9-20)34-25(27)33/h3-9,11-12,19H,10,13-18H2,1-2H3,(H2,27,33). The van der Waals surface area contributed by atoms with Crippen LogP contribution >= 0.6 is 0 Å². The number of hydrogen-bond donors (Lipinski definition) is 1. The van der Waals surface area contributed by atoms with Crippen molar-refractivity contribution in [2.24, 2.45) is 5.73 Å². The van der Waals surface area contributed by atoms with Crippen LogP contribution in [-0.4, -0.2) is 59.0 Å². The number of rotatable bonds is 6. The molecule has 3 amide bonds. The Hall–Kier alpha value is -3.55. The van der Waals surface area contributed by atoms with Crippen LogP contribution in [0.2, 0.25) is 0 Å². The average Bonchev–Trinajstić information content (AvgIpc) is 3.11. The van der Waals surface area contributed by atoms with Gasteiger partial charge in [-0.2, -0.15) is 0 Å². The topological polar surface area (TPSA) is 96.2 Å². The molecule has 2 fully saturated rings. The fourth-order valence-corrected chi connectivity index (χ4v) is 4.93. The number of para-hydroxylation sites is 1. The van der Waals surface area contributed by atoms with Crippen molar-refractivity contribution in [2.75, 3.05) is 24.7 Å². The maximum atomic E-state index is 13.5. The summed E-state index contributed by atoms with van der Waals surface area (Å²) in [6.07, 6.45) is 1.36. The number of anilines is 1. The van der Waals surface area contributed by atoms with Gasteiger partial charge in [0.05, 0.1) is 6.67 Å². The molecule has 2 aliphatic rings. The van der Waals surface area contributed by atoms with Crippen LogP contribution in [0.4, 0.5) is 10.5 Å². The number of nitrogens with two attached hydrogens (primary N) is 1. The van der Waals surface area contributed by atoms with Crippen molar-refractivity contribution in [3.05, 3.63) is 60.2 Å². The lowest BCUT2D eigenvalue weighted by atomic mass is 9.85. The number of carbonyl (C=O) groups is 3. The Kier molecular flexibility index (Phi) is 6.77. The fraction of sp³-hybridized carbons (Fsp3) is 0.423.